The highest BCUT2D eigenvalue weighted by atomic mass is 127. The molecule has 0 aliphatic carbocycles. The van der Waals surface area contributed by atoms with Gasteiger partial charge in [-0.25, -0.2) is 0 Å². The van der Waals surface area contributed by atoms with Crippen LogP contribution in [0.25, 0.3) is 0 Å². The molecule has 6 heteroatoms. The summed E-state index contributed by atoms with van der Waals surface area (Å²) in [6, 6.07) is 10.4. The molecule has 0 spiro atoms. The molecule has 0 radical (unpaired) electrons. The molecular weight excluding hydrogens is 425 g/mol. The number of hydrogen-bond acceptors (Lipinski definition) is 2. The highest BCUT2D eigenvalue weighted by Gasteiger charge is 2.18. The zero-order valence-corrected chi connectivity index (χ0v) is 17.4. The third kappa shape index (κ3) is 5.73. The molecule has 1 N–H and O–H groups in total. The van der Waals surface area contributed by atoms with Gasteiger partial charge in [-0.05, 0) is 24.3 Å². The van der Waals surface area contributed by atoms with Gasteiger partial charge in [-0.1, -0.05) is 37.3 Å². The smallest absolute Gasteiger partial charge is 0.193 e. The lowest BCUT2D eigenvalue weighted by atomic mass is 10.00. The molecule has 1 aliphatic rings. The van der Waals surface area contributed by atoms with Crippen LogP contribution in [0.15, 0.2) is 47.7 Å². The first-order chi connectivity index (χ1) is 11.7. The van der Waals surface area contributed by atoms with E-state index in [-0.39, 0.29) is 24.0 Å². The van der Waals surface area contributed by atoms with Gasteiger partial charge in [-0.2, -0.15) is 5.10 Å². The lowest BCUT2D eigenvalue weighted by Gasteiger charge is -2.32. The summed E-state index contributed by atoms with van der Waals surface area (Å²) in [5.41, 5.74) is 2.44. The van der Waals surface area contributed by atoms with Crippen molar-refractivity contribution in [1.29, 1.82) is 0 Å². The Morgan fingerprint density at radius 1 is 1.20 bits per heavy atom. The molecule has 2 aromatic rings. The average molecular weight is 453 g/mol. The van der Waals surface area contributed by atoms with Gasteiger partial charge in [-0.3, -0.25) is 9.67 Å². The highest BCUT2D eigenvalue weighted by molar-refractivity contribution is 14.0. The average Bonchev–Trinajstić information content (AvgIpc) is 3.05. The lowest BCUT2D eigenvalue weighted by Crippen LogP contribution is -2.45. The molecule has 0 unspecified atom stereocenters. The number of piperidine rings is 1. The van der Waals surface area contributed by atoms with Gasteiger partial charge in [0.2, 0.25) is 0 Å². The van der Waals surface area contributed by atoms with Crippen LogP contribution in [-0.2, 0) is 13.1 Å². The second-order valence-electron chi connectivity index (χ2n) is 6.60. The summed E-state index contributed by atoms with van der Waals surface area (Å²) in [4.78, 5) is 6.79. The fourth-order valence-corrected chi connectivity index (χ4v) is 3.09. The minimum absolute atomic E-state index is 0. The molecule has 0 bridgehead atoms. The van der Waals surface area contributed by atoms with E-state index in [1.54, 1.807) is 0 Å². The minimum Gasteiger partial charge on any atom is -0.352 e. The van der Waals surface area contributed by atoms with E-state index in [9.17, 15) is 0 Å². The van der Waals surface area contributed by atoms with Gasteiger partial charge in [0.05, 0.1) is 12.7 Å². The Balaban J connectivity index is 0.00000225. The van der Waals surface area contributed by atoms with Crippen molar-refractivity contribution in [2.45, 2.75) is 32.9 Å². The lowest BCUT2D eigenvalue weighted by molar-refractivity contribution is 0.273. The largest absolute Gasteiger partial charge is 0.352 e. The Kier molecular flexibility index (Phi) is 7.74. The van der Waals surface area contributed by atoms with Crippen LogP contribution >= 0.6 is 24.0 Å². The number of nitrogens with one attached hydrogen (secondary N) is 1. The summed E-state index contributed by atoms with van der Waals surface area (Å²) in [5.74, 6) is 1.83. The Hall–Kier alpha value is -1.57. The number of aliphatic imine (C=N–C) groups is 1. The number of halogens is 1. The molecule has 136 valence electrons. The molecule has 1 fully saturated rings. The van der Waals surface area contributed by atoms with E-state index in [1.165, 1.54) is 24.0 Å². The van der Waals surface area contributed by atoms with E-state index in [2.05, 4.69) is 57.7 Å². The quantitative estimate of drug-likeness (QED) is 0.439. The number of aromatic nitrogens is 2. The first-order valence-electron chi connectivity index (χ1n) is 8.75. The van der Waals surface area contributed by atoms with Gasteiger partial charge in [0.25, 0.3) is 0 Å². The third-order valence-corrected chi connectivity index (χ3v) is 4.62. The third-order valence-electron chi connectivity index (χ3n) is 4.62. The predicted molar refractivity (Wildman–Crippen MR) is 113 cm³/mol. The number of guanidine groups is 1. The van der Waals surface area contributed by atoms with Crippen LogP contribution in [0.5, 0.6) is 0 Å². The summed E-state index contributed by atoms with van der Waals surface area (Å²) in [6.45, 7) is 6.07. The minimum atomic E-state index is 0. The van der Waals surface area contributed by atoms with Gasteiger partial charge in [-0.15, -0.1) is 24.0 Å². The van der Waals surface area contributed by atoms with Crippen LogP contribution < -0.4 is 5.32 Å². The van der Waals surface area contributed by atoms with E-state index >= 15 is 0 Å². The topological polar surface area (TPSA) is 45.5 Å². The van der Waals surface area contributed by atoms with Crippen molar-refractivity contribution >= 4 is 29.9 Å². The van der Waals surface area contributed by atoms with Crippen molar-refractivity contribution in [3.05, 3.63) is 53.9 Å². The Labute approximate surface area is 167 Å². The molecule has 1 aliphatic heterocycles. The van der Waals surface area contributed by atoms with Crippen LogP contribution in [-0.4, -0.2) is 40.8 Å². The van der Waals surface area contributed by atoms with E-state index < -0.39 is 0 Å². The standard InChI is InChI=1S/C19H27N5.HI/c1-16-8-10-23(11-9-16)19(20-2)21-12-18-13-22-24(15-18)14-17-6-4-3-5-7-17;/h3-7,13,15-16H,8-12,14H2,1-2H3,(H,20,21);1H. The first kappa shape index (κ1) is 19.8. The molecule has 2 heterocycles. The number of likely N-dealkylation sites (tertiary alicyclic amines) is 1. The molecule has 1 aromatic carbocycles. The van der Waals surface area contributed by atoms with Crippen molar-refractivity contribution in [3.8, 4) is 0 Å². The SMILES string of the molecule is CN=C(NCc1cnn(Cc2ccccc2)c1)N1CCC(C)CC1.I. The second kappa shape index (κ2) is 9.79. The first-order valence-corrected chi connectivity index (χ1v) is 8.75. The van der Waals surface area contributed by atoms with Gasteiger partial charge >= 0.3 is 0 Å². The van der Waals surface area contributed by atoms with E-state index in [0.29, 0.717) is 0 Å². The van der Waals surface area contributed by atoms with Crippen molar-refractivity contribution in [2.24, 2.45) is 10.9 Å². The molecule has 1 saturated heterocycles. The number of benzene rings is 1. The molecule has 5 nitrogen and oxygen atoms in total. The highest BCUT2D eigenvalue weighted by Crippen LogP contribution is 2.16. The molecule has 0 amide bonds. The normalized spacial score (nSPS) is 15.8. The maximum absolute atomic E-state index is 4.46. The number of nitrogens with zero attached hydrogens (tertiary/aromatic N) is 4. The van der Waals surface area contributed by atoms with Crippen LogP contribution in [0.4, 0.5) is 0 Å². The summed E-state index contributed by atoms with van der Waals surface area (Å²) < 4.78 is 1.98. The van der Waals surface area contributed by atoms with E-state index in [0.717, 1.165) is 38.1 Å². The van der Waals surface area contributed by atoms with Gasteiger partial charge < -0.3 is 10.2 Å². The maximum atomic E-state index is 4.46. The van der Waals surface area contributed by atoms with Crippen LogP contribution in [0, 0.1) is 5.92 Å². The summed E-state index contributed by atoms with van der Waals surface area (Å²) in [5, 5.41) is 7.93. The Morgan fingerprint density at radius 2 is 1.92 bits per heavy atom. The van der Waals surface area contributed by atoms with Crippen LogP contribution in [0.1, 0.15) is 30.9 Å². The molecule has 25 heavy (non-hydrogen) atoms. The van der Waals surface area contributed by atoms with Gasteiger partial charge in [0, 0.05) is 38.4 Å². The summed E-state index contributed by atoms with van der Waals surface area (Å²) >= 11 is 0. The van der Waals surface area contributed by atoms with Crippen molar-refractivity contribution in [1.82, 2.24) is 20.0 Å². The van der Waals surface area contributed by atoms with Crippen LogP contribution in [0.2, 0.25) is 0 Å². The summed E-state index contributed by atoms with van der Waals surface area (Å²) in [6.07, 6.45) is 6.53. The number of rotatable bonds is 4. The Morgan fingerprint density at radius 3 is 2.60 bits per heavy atom. The van der Waals surface area contributed by atoms with E-state index in [4.69, 9.17) is 0 Å². The fourth-order valence-electron chi connectivity index (χ4n) is 3.09. The predicted octanol–water partition coefficient (Wildman–Crippen LogP) is 3.36. The van der Waals surface area contributed by atoms with Gasteiger partial charge in [0.15, 0.2) is 5.96 Å². The zero-order valence-electron chi connectivity index (χ0n) is 15.1. The fraction of sp³-hybridized carbons (Fsp3) is 0.474. The molecular formula is C19H28IN5. The van der Waals surface area contributed by atoms with Crippen molar-refractivity contribution in [3.63, 3.8) is 0 Å². The van der Waals surface area contributed by atoms with Crippen molar-refractivity contribution in [2.75, 3.05) is 20.1 Å². The Bertz CT molecular complexity index is 659. The monoisotopic (exact) mass is 453 g/mol. The van der Waals surface area contributed by atoms with Crippen LogP contribution in [0.3, 0.4) is 0 Å². The molecule has 0 saturated carbocycles. The molecule has 3 rings (SSSR count). The van der Waals surface area contributed by atoms with Crippen molar-refractivity contribution < 1.29 is 0 Å². The van der Waals surface area contributed by atoms with Gasteiger partial charge in [0.1, 0.15) is 0 Å². The maximum Gasteiger partial charge on any atom is 0.193 e. The molecule has 0 atom stereocenters. The number of hydrogen-bond donors (Lipinski definition) is 1. The van der Waals surface area contributed by atoms with E-state index in [1.807, 2.05) is 24.0 Å². The second-order valence-corrected chi connectivity index (χ2v) is 6.60. The zero-order chi connectivity index (χ0) is 16.8. The molecule has 1 aromatic heterocycles. The summed E-state index contributed by atoms with van der Waals surface area (Å²) in [7, 11) is 1.86.